The third kappa shape index (κ3) is 1.61. The van der Waals surface area contributed by atoms with Gasteiger partial charge in [0.05, 0.1) is 0 Å². The molecule has 3 heteroatoms. The molecule has 0 saturated heterocycles. The van der Waals surface area contributed by atoms with Crippen LogP contribution in [-0.2, 0) is 0 Å². The number of halogens is 1. The van der Waals surface area contributed by atoms with E-state index in [2.05, 4.69) is 27.8 Å². The summed E-state index contributed by atoms with van der Waals surface area (Å²) in [5.74, 6) is 0. The van der Waals surface area contributed by atoms with Crippen LogP contribution in [0.4, 0.5) is 0 Å². The summed E-state index contributed by atoms with van der Waals surface area (Å²) in [5.41, 5.74) is 0.599. The lowest BCUT2D eigenvalue weighted by Gasteiger charge is -2.01. The third-order valence-corrected chi connectivity index (χ3v) is 2.16. The van der Waals surface area contributed by atoms with Crippen molar-refractivity contribution < 1.29 is 0 Å². The molecule has 9 heavy (non-hydrogen) atoms. The summed E-state index contributed by atoms with van der Waals surface area (Å²) in [6.45, 7) is 0. The predicted octanol–water partition coefficient (Wildman–Crippen LogP) is 2.75. The first-order chi connectivity index (χ1) is 4.34. The Labute approximate surface area is 67.1 Å². The van der Waals surface area contributed by atoms with Gasteiger partial charge in [0.2, 0.25) is 0 Å². The Morgan fingerprint density at radius 3 is 2.56 bits per heavy atom. The van der Waals surface area contributed by atoms with Crippen molar-refractivity contribution in [3.63, 3.8) is 0 Å². The van der Waals surface area contributed by atoms with Gasteiger partial charge in [-0.15, -0.1) is 4.91 Å². The molecule has 0 heterocycles. The number of nitroso groups, excluding NO2 is 1. The second kappa shape index (κ2) is 3.10. The van der Waals surface area contributed by atoms with E-state index in [0.717, 1.165) is 16.4 Å². The first kappa shape index (κ1) is 6.92. The minimum atomic E-state index is 0.599. The van der Waals surface area contributed by atoms with E-state index in [4.69, 9.17) is 0 Å². The van der Waals surface area contributed by atoms with Crippen molar-refractivity contribution in [2.24, 2.45) is 5.18 Å². The Morgan fingerprint density at radius 2 is 2.11 bits per heavy atom. The summed E-state index contributed by atoms with van der Waals surface area (Å²) < 4.78 is 0.980. The number of hydrogen-bond acceptors (Lipinski definition) is 2. The minimum absolute atomic E-state index is 0.599. The maximum Gasteiger partial charge on any atom is 0.117 e. The maximum absolute atomic E-state index is 10.0. The molecule has 1 aliphatic rings. The van der Waals surface area contributed by atoms with Crippen LogP contribution in [0.2, 0.25) is 0 Å². The van der Waals surface area contributed by atoms with Gasteiger partial charge in [0.15, 0.2) is 0 Å². The van der Waals surface area contributed by atoms with Gasteiger partial charge in [-0.05, 0) is 40.6 Å². The fraction of sp³-hybridized carbons (Fsp3) is 0.333. The van der Waals surface area contributed by atoms with Crippen molar-refractivity contribution in [1.29, 1.82) is 0 Å². The van der Waals surface area contributed by atoms with E-state index in [1.54, 1.807) is 0 Å². The molecule has 0 N–H and O–H groups in total. The lowest BCUT2D eigenvalue weighted by atomic mass is 10.2. The molecule has 0 bridgehead atoms. The van der Waals surface area contributed by atoms with E-state index < -0.39 is 0 Å². The van der Waals surface area contributed by atoms with Crippen LogP contribution in [0, 0.1) is 4.91 Å². The molecule has 0 aromatic carbocycles. The molecule has 0 fully saturated rings. The van der Waals surface area contributed by atoms with Crippen LogP contribution in [0.1, 0.15) is 12.8 Å². The SMILES string of the molecule is O=NC1=CCCC=C1I. The van der Waals surface area contributed by atoms with Gasteiger partial charge < -0.3 is 0 Å². The summed E-state index contributed by atoms with van der Waals surface area (Å²) in [4.78, 5) is 10.0. The van der Waals surface area contributed by atoms with Gasteiger partial charge >= 0.3 is 0 Å². The molecule has 1 aliphatic carbocycles. The second-order valence-corrected chi connectivity index (χ2v) is 2.97. The van der Waals surface area contributed by atoms with Crippen LogP contribution < -0.4 is 0 Å². The molecule has 0 aromatic rings. The highest BCUT2D eigenvalue weighted by atomic mass is 127. The fourth-order valence-corrected chi connectivity index (χ4v) is 1.34. The van der Waals surface area contributed by atoms with Crippen LogP contribution in [0.3, 0.4) is 0 Å². The quantitative estimate of drug-likeness (QED) is 0.507. The Kier molecular flexibility index (Phi) is 2.38. The van der Waals surface area contributed by atoms with Crippen molar-refractivity contribution in [3.05, 3.63) is 26.3 Å². The Bertz CT molecular complexity index is 183. The van der Waals surface area contributed by atoms with Crippen molar-refractivity contribution in [2.45, 2.75) is 12.8 Å². The summed E-state index contributed by atoms with van der Waals surface area (Å²) >= 11 is 2.12. The summed E-state index contributed by atoms with van der Waals surface area (Å²) in [5, 5.41) is 2.86. The maximum atomic E-state index is 10.0. The van der Waals surface area contributed by atoms with Crippen molar-refractivity contribution in [3.8, 4) is 0 Å². The van der Waals surface area contributed by atoms with Crippen LogP contribution >= 0.6 is 22.6 Å². The molecular formula is C6H6INO. The van der Waals surface area contributed by atoms with Crippen molar-refractivity contribution >= 4 is 22.6 Å². The van der Waals surface area contributed by atoms with E-state index in [1.165, 1.54) is 0 Å². The Hall–Kier alpha value is -0.190. The van der Waals surface area contributed by atoms with Gasteiger partial charge in [0.25, 0.3) is 0 Å². The van der Waals surface area contributed by atoms with Gasteiger partial charge in [-0.3, -0.25) is 0 Å². The third-order valence-electron chi connectivity index (χ3n) is 1.17. The summed E-state index contributed by atoms with van der Waals surface area (Å²) in [7, 11) is 0. The molecule has 0 aromatic heterocycles. The molecule has 48 valence electrons. The van der Waals surface area contributed by atoms with Crippen LogP contribution in [-0.4, -0.2) is 0 Å². The van der Waals surface area contributed by atoms with Crippen molar-refractivity contribution in [2.75, 3.05) is 0 Å². The molecule has 2 nitrogen and oxygen atoms in total. The van der Waals surface area contributed by atoms with Gasteiger partial charge in [0, 0.05) is 3.58 Å². The average molecular weight is 235 g/mol. The highest BCUT2D eigenvalue weighted by molar-refractivity contribution is 14.1. The van der Waals surface area contributed by atoms with E-state index in [0.29, 0.717) is 5.70 Å². The van der Waals surface area contributed by atoms with Crippen LogP contribution in [0.15, 0.2) is 26.6 Å². The zero-order valence-electron chi connectivity index (χ0n) is 4.80. The molecule has 0 atom stereocenters. The van der Waals surface area contributed by atoms with Crippen molar-refractivity contribution in [1.82, 2.24) is 0 Å². The van der Waals surface area contributed by atoms with E-state index in [-0.39, 0.29) is 0 Å². The van der Waals surface area contributed by atoms with Gasteiger partial charge in [-0.25, -0.2) is 0 Å². The van der Waals surface area contributed by atoms with E-state index in [9.17, 15) is 4.91 Å². The van der Waals surface area contributed by atoms with Gasteiger partial charge in [-0.1, -0.05) is 12.2 Å². The highest BCUT2D eigenvalue weighted by Crippen LogP contribution is 2.24. The topological polar surface area (TPSA) is 29.4 Å². The minimum Gasteiger partial charge on any atom is -0.145 e. The zero-order valence-corrected chi connectivity index (χ0v) is 6.96. The number of hydrogen-bond donors (Lipinski definition) is 0. The monoisotopic (exact) mass is 235 g/mol. The first-order valence-electron chi connectivity index (χ1n) is 2.74. The molecule has 0 spiro atoms. The molecule has 0 aliphatic heterocycles. The molecule has 0 saturated carbocycles. The summed E-state index contributed by atoms with van der Waals surface area (Å²) in [6.07, 6.45) is 5.89. The van der Waals surface area contributed by atoms with Crippen LogP contribution in [0.25, 0.3) is 0 Å². The Balaban J connectivity index is 2.79. The molecular weight excluding hydrogens is 229 g/mol. The molecule has 0 amide bonds. The largest absolute Gasteiger partial charge is 0.145 e. The fourth-order valence-electron chi connectivity index (χ4n) is 0.713. The van der Waals surface area contributed by atoms with Crippen LogP contribution in [0.5, 0.6) is 0 Å². The standard InChI is InChI=1S/C6H6INO/c7-5-3-1-2-4-6(5)8-9/h3-4H,1-2H2. The second-order valence-electron chi connectivity index (χ2n) is 1.81. The lowest BCUT2D eigenvalue weighted by Crippen LogP contribution is -1.83. The summed E-state index contributed by atoms with van der Waals surface area (Å²) in [6, 6.07) is 0. The normalized spacial score (nSPS) is 18.3. The van der Waals surface area contributed by atoms with Gasteiger partial charge in [0.1, 0.15) is 5.70 Å². The number of allylic oxidation sites excluding steroid dienone is 3. The lowest BCUT2D eigenvalue weighted by molar-refractivity contribution is 1.01. The zero-order chi connectivity index (χ0) is 6.69. The average Bonchev–Trinajstić information content (AvgIpc) is 1.89. The van der Waals surface area contributed by atoms with E-state index in [1.807, 2.05) is 12.2 Å². The number of rotatable bonds is 1. The molecule has 1 rings (SSSR count). The Morgan fingerprint density at radius 1 is 1.44 bits per heavy atom. The first-order valence-corrected chi connectivity index (χ1v) is 3.82. The predicted molar refractivity (Wildman–Crippen MR) is 45.2 cm³/mol. The molecule has 0 radical (unpaired) electrons. The molecule has 0 unspecified atom stereocenters. The smallest absolute Gasteiger partial charge is 0.117 e. The van der Waals surface area contributed by atoms with Gasteiger partial charge in [-0.2, -0.15) is 0 Å². The van der Waals surface area contributed by atoms with E-state index >= 15 is 0 Å². The highest BCUT2D eigenvalue weighted by Gasteiger charge is 2.03. The number of nitrogens with zero attached hydrogens (tertiary/aromatic N) is 1.